The molecule has 3 unspecified atom stereocenters. The molecule has 3 fully saturated rings. The summed E-state index contributed by atoms with van der Waals surface area (Å²) in [5, 5.41) is 2.37. The summed E-state index contributed by atoms with van der Waals surface area (Å²) in [5.74, 6) is -0.345. The number of piperidine rings is 1. The molecule has 0 saturated carbocycles. The van der Waals surface area contributed by atoms with Gasteiger partial charge >= 0.3 is 16.4 Å². The summed E-state index contributed by atoms with van der Waals surface area (Å²) in [4.78, 5) is 26.4. The predicted molar refractivity (Wildman–Crippen MR) is 84.9 cm³/mol. The molecule has 3 saturated heterocycles. The fourth-order valence-corrected chi connectivity index (χ4v) is 4.08. The van der Waals surface area contributed by atoms with Crippen LogP contribution in [0, 0.1) is 5.41 Å². The van der Waals surface area contributed by atoms with Crippen LogP contribution >= 0.6 is 0 Å². The fourth-order valence-electron chi connectivity index (χ4n) is 3.71. The Balaban J connectivity index is 1.77. The van der Waals surface area contributed by atoms with Crippen LogP contribution in [0.4, 0.5) is 4.79 Å². The minimum absolute atomic E-state index is 0.000418. The molecule has 0 aromatic rings. The maximum atomic E-state index is 12.7. The molecule has 2 bridgehead atoms. The van der Waals surface area contributed by atoms with Gasteiger partial charge in [0.25, 0.3) is 5.91 Å². The van der Waals surface area contributed by atoms with E-state index in [-0.39, 0.29) is 18.5 Å². The van der Waals surface area contributed by atoms with Crippen molar-refractivity contribution in [1.82, 2.24) is 20.4 Å². The molecule has 12 heteroatoms. The van der Waals surface area contributed by atoms with Crippen molar-refractivity contribution in [3.63, 3.8) is 0 Å². The quantitative estimate of drug-likeness (QED) is 0.512. The number of nitrogens with two attached hydrogens (primary N) is 1. The molecular formula is C13H23N5O6S. The van der Waals surface area contributed by atoms with Gasteiger partial charge in [-0.3, -0.25) is 14.8 Å². The molecule has 11 nitrogen and oxygen atoms in total. The Morgan fingerprint density at radius 3 is 2.64 bits per heavy atom. The van der Waals surface area contributed by atoms with E-state index in [0.29, 0.717) is 24.6 Å². The molecule has 3 atom stereocenters. The topological polar surface area (TPSA) is 146 Å². The lowest BCUT2D eigenvalue weighted by Crippen LogP contribution is -2.57. The molecule has 142 valence electrons. The van der Waals surface area contributed by atoms with Gasteiger partial charge in [-0.05, 0) is 18.3 Å². The van der Waals surface area contributed by atoms with Gasteiger partial charge < -0.3 is 10.6 Å². The number of hydroxylamine groups is 2. The summed E-state index contributed by atoms with van der Waals surface area (Å²) in [7, 11) is -4.84. The second-order valence-electron chi connectivity index (χ2n) is 7.46. The third-order valence-corrected chi connectivity index (χ3v) is 5.40. The van der Waals surface area contributed by atoms with Crippen molar-refractivity contribution in [2.75, 3.05) is 19.6 Å². The van der Waals surface area contributed by atoms with Crippen molar-refractivity contribution in [2.24, 2.45) is 11.1 Å². The van der Waals surface area contributed by atoms with Crippen LogP contribution in [0.25, 0.3) is 0 Å². The maximum Gasteiger partial charge on any atom is 0.418 e. The van der Waals surface area contributed by atoms with Crippen LogP contribution in [0.15, 0.2) is 0 Å². The number of carbonyl (C=O) groups is 2. The van der Waals surface area contributed by atoms with E-state index in [9.17, 15) is 18.0 Å². The van der Waals surface area contributed by atoms with E-state index in [4.69, 9.17) is 10.3 Å². The van der Waals surface area contributed by atoms with Gasteiger partial charge in [-0.25, -0.2) is 9.80 Å². The number of hydrogen-bond acceptors (Lipinski definition) is 7. The number of nitrogens with zero attached hydrogens (tertiary/aromatic N) is 3. The highest BCUT2D eigenvalue weighted by Crippen LogP contribution is 2.42. The molecule has 25 heavy (non-hydrogen) atoms. The first-order valence-corrected chi connectivity index (χ1v) is 9.42. The Morgan fingerprint density at radius 2 is 2.08 bits per heavy atom. The normalized spacial score (nSPS) is 32.3. The molecule has 4 N–H and O–H groups in total. The molecule has 3 rings (SSSR count). The SMILES string of the molecule is CC1(C)CC(C(=O)NN2CCC(N)C2)N2CC1N(OS(=O)(=O)O)C2=O. The summed E-state index contributed by atoms with van der Waals surface area (Å²) in [6.07, 6.45) is 1.11. The monoisotopic (exact) mass is 377 g/mol. The minimum atomic E-state index is -4.84. The number of hydrazine groups is 1. The predicted octanol–water partition coefficient (Wildman–Crippen LogP) is -1.31. The van der Waals surface area contributed by atoms with E-state index < -0.39 is 33.9 Å². The van der Waals surface area contributed by atoms with E-state index in [1.54, 1.807) is 5.01 Å². The summed E-state index contributed by atoms with van der Waals surface area (Å²) in [6, 6.07) is -2.11. The summed E-state index contributed by atoms with van der Waals surface area (Å²) in [5.41, 5.74) is 8.01. The second-order valence-corrected chi connectivity index (χ2v) is 8.46. The van der Waals surface area contributed by atoms with Gasteiger partial charge in [-0.1, -0.05) is 13.8 Å². The summed E-state index contributed by atoms with van der Waals surface area (Å²) < 4.78 is 35.4. The number of hydrogen-bond donors (Lipinski definition) is 3. The van der Waals surface area contributed by atoms with Gasteiger partial charge in [-0.2, -0.15) is 13.5 Å². The Morgan fingerprint density at radius 1 is 1.40 bits per heavy atom. The number of amides is 3. The number of urea groups is 1. The van der Waals surface area contributed by atoms with Gasteiger partial charge in [0.1, 0.15) is 6.04 Å². The Bertz CT molecular complexity index is 682. The van der Waals surface area contributed by atoms with Gasteiger partial charge in [-0.15, -0.1) is 4.28 Å². The van der Waals surface area contributed by atoms with Crippen LogP contribution in [-0.4, -0.2) is 77.6 Å². The average molecular weight is 377 g/mol. The molecule has 3 aliphatic heterocycles. The number of carbonyl (C=O) groups excluding carboxylic acids is 2. The van der Waals surface area contributed by atoms with E-state index in [1.165, 1.54) is 4.90 Å². The van der Waals surface area contributed by atoms with Crippen LogP contribution in [0.1, 0.15) is 26.7 Å². The van der Waals surface area contributed by atoms with Gasteiger partial charge in [0.2, 0.25) is 0 Å². The Kier molecular flexibility index (Phi) is 4.44. The van der Waals surface area contributed by atoms with E-state index in [2.05, 4.69) is 9.71 Å². The molecular weight excluding hydrogens is 354 g/mol. The second kappa shape index (κ2) is 6.06. The van der Waals surface area contributed by atoms with E-state index >= 15 is 0 Å². The third-order valence-electron chi connectivity index (χ3n) is 5.05. The number of rotatable bonds is 4. The minimum Gasteiger partial charge on any atom is -0.326 e. The lowest BCUT2D eigenvalue weighted by atomic mass is 9.76. The Hall–Kier alpha value is -1.47. The van der Waals surface area contributed by atoms with Gasteiger partial charge in [0.05, 0.1) is 6.04 Å². The summed E-state index contributed by atoms with van der Waals surface area (Å²) in [6.45, 7) is 4.95. The molecule has 0 spiro atoms. The first kappa shape index (κ1) is 18.3. The summed E-state index contributed by atoms with van der Waals surface area (Å²) >= 11 is 0. The van der Waals surface area contributed by atoms with Crippen LogP contribution in [0.3, 0.4) is 0 Å². The molecule has 0 aliphatic carbocycles. The third kappa shape index (κ3) is 3.58. The standard InChI is InChI=1S/C13H23N5O6S/c1-13(2)5-9(11(19)15-16-4-3-8(14)6-16)17-7-10(13)18(12(17)20)24-25(21,22)23/h8-10H,3-7,14H2,1-2H3,(H,15,19)(H,21,22,23). The molecule has 0 aromatic carbocycles. The fraction of sp³-hybridized carbons (Fsp3) is 0.846. The first-order chi connectivity index (χ1) is 11.5. The van der Waals surface area contributed by atoms with Gasteiger partial charge in [0, 0.05) is 25.7 Å². The number of fused-ring (bicyclic) bond motifs is 2. The average Bonchev–Trinajstić information content (AvgIpc) is 2.99. The molecule has 3 heterocycles. The largest absolute Gasteiger partial charge is 0.418 e. The van der Waals surface area contributed by atoms with Crippen LogP contribution in [0.5, 0.6) is 0 Å². The van der Waals surface area contributed by atoms with Crippen LogP contribution in [-0.2, 0) is 19.5 Å². The highest BCUT2D eigenvalue weighted by molar-refractivity contribution is 7.80. The van der Waals surface area contributed by atoms with Crippen molar-refractivity contribution in [1.29, 1.82) is 0 Å². The van der Waals surface area contributed by atoms with E-state index in [0.717, 1.165) is 6.42 Å². The molecule has 3 aliphatic rings. The van der Waals surface area contributed by atoms with Crippen molar-refractivity contribution in [3.05, 3.63) is 0 Å². The molecule has 0 aromatic heterocycles. The zero-order chi connectivity index (χ0) is 18.6. The smallest absolute Gasteiger partial charge is 0.326 e. The van der Waals surface area contributed by atoms with Crippen LogP contribution < -0.4 is 11.2 Å². The maximum absolute atomic E-state index is 12.7. The van der Waals surface area contributed by atoms with Crippen molar-refractivity contribution < 1.29 is 26.8 Å². The van der Waals surface area contributed by atoms with Crippen molar-refractivity contribution in [2.45, 2.75) is 44.8 Å². The lowest BCUT2D eigenvalue weighted by molar-refractivity contribution is -0.132. The highest BCUT2D eigenvalue weighted by Gasteiger charge is 2.57. The Labute approximate surface area is 145 Å². The molecule has 3 amide bonds. The van der Waals surface area contributed by atoms with E-state index in [1.807, 2.05) is 13.8 Å². The van der Waals surface area contributed by atoms with Crippen molar-refractivity contribution in [3.8, 4) is 0 Å². The van der Waals surface area contributed by atoms with Crippen molar-refractivity contribution >= 4 is 22.3 Å². The highest BCUT2D eigenvalue weighted by atomic mass is 32.3. The zero-order valence-corrected chi connectivity index (χ0v) is 14.9. The number of nitrogens with one attached hydrogen (secondary N) is 1. The van der Waals surface area contributed by atoms with Gasteiger partial charge in [0.15, 0.2) is 0 Å². The lowest BCUT2D eigenvalue weighted by Gasteiger charge is -2.41. The van der Waals surface area contributed by atoms with Crippen LogP contribution in [0.2, 0.25) is 0 Å². The first-order valence-electron chi connectivity index (χ1n) is 8.06. The zero-order valence-electron chi connectivity index (χ0n) is 14.1. The molecule has 0 radical (unpaired) electrons.